The molecule has 145 heavy (non-hydrogen) atoms. The number of methoxy groups -OCH3 is 2. The number of benzene rings is 5. The number of ketones is 1. The van der Waals surface area contributed by atoms with E-state index in [1.807, 2.05) is 27.7 Å². The van der Waals surface area contributed by atoms with Crippen LogP contribution in [0.25, 0.3) is 5.57 Å². The van der Waals surface area contributed by atoms with Crippen LogP contribution in [0.2, 0.25) is 103 Å². The molecule has 7 heterocycles. The van der Waals surface area contributed by atoms with E-state index >= 15 is 0 Å². The number of esters is 2. The normalized spacial score (nSPS) is 12.6. The molecule has 1 aliphatic heterocycles. The highest BCUT2D eigenvalue weighted by Crippen LogP contribution is 2.37. The molecule has 11 aromatic rings. The fourth-order valence-corrected chi connectivity index (χ4v) is 15.3. The molecule has 0 spiro atoms. The van der Waals surface area contributed by atoms with Crippen LogP contribution in [0.1, 0.15) is 121 Å². The second kappa shape index (κ2) is 56.7. The largest absolute Gasteiger partial charge is 0.498 e. The molecule has 1 aliphatic rings. The SMILES string of the molecule is C=C(C(=O)OC)c1cnc(C(=O)N(COCC[Si](C)(C)C)c2ccc(F)cc2)nc1.CC1(C)OB(c2cnc(C(=O)N(COCC[Si](C)(C)C)c3ccc(F)cc3)nc2)OC1(C)C.COC(=O)C(C)c1cnc(C(=O)N(COCC[Si](C)(C)C)c2ccc(F)cc2)nc1.C[Si](C)(C)CCOCN(C(=O)c1ncc(Br)cn1)c1ccc(F)cc1.O=C(Cc1ccc(F)cc1)c1ncc(Br)cn1.O=C(O)c1ncc(Br)cn1. The van der Waals surface area contributed by atoms with E-state index in [1.165, 1.54) is 217 Å². The van der Waals surface area contributed by atoms with Crippen LogP contribution in [-0.2, 0) is 53.7 Å². The zero-order chi connectivity index (χ0) is 107. The number of carbonyl (C=O) groups excluding carboxylic acids is 7. The van der Waals surface area contributed by atoms with Gasteiger partial charge in [0.05, 0.1) is 50.3 Å². The van der Waals surface area contributed by atoms with Crippen molar-refractivity contribution in [1.82, 2.24) is 59.8 Å². The third kappa shape index (κ3) is 41.1. The molecule has 6 aromatic heterocycles. The van der Waals surface area contributed by atoms with Crippen LogP contribution in [0.5, 0.6) is 0 Å². The lowest BCUT2D eigenvalue weighted by molar-refractivity contribution is -0.142. The molecule has 12 rings (SSSR count). The lowest BCUT2D eigenvalue weighted by Crippen LogP contribution is -2.41. The van der Waals surface area contributed by atoms with Crippen LogP contribution >= 0.6 is 47.8 Å². The molecule has 1 saturated heterocycles. The van der Waals surface area contributed by atoms with Crippen molar-refractivity contribution in [3.63, 3.8) is 0 Å². The van der Waals surface area contributed by atoms with Crippen LogP contribution in [-0.4, -0.2) is 230 Å². The zero-order valence-electron chi connectivity index (χ0n) is 84.2. The van der Waals surface area contributed by atoms with Crippen molar-refractivity contribution >= 4 is 168 Å². The molecule has 0 aliphatic carbocycles. The molecule has 0 bridgehead atoms. The van der Waals surface area contributed by atoms with Crippen molar-refractivity contribution in [2.45, 2.75) is 161 Å². The Labute approximate surface area is 869 Å². The first-order valence-electron chi connectivity index (χ1n) is 45.4. The van der Waals surface area contributed by atoms with Gasteiger partial charge in [-0.25, -0.2) is 91.3 Å². The van der Waals surface area contributed by atoms with E-state index in [2.05, 4.69) is 197 Å². The number of carbonyl (C=O) groups is 8. The summed E-state index contributed by atoms with van der Waals surface area (Å²) in [6, 6.07) is 32.1. The number of ether oxygens (including phenoxy) is 6. The number of rotatable bonds is 37. The number of carboxylic acid groups (broad SMARTS) is 1. The van der Waals surface area contributed by atoms with Crippen LogP contribution < -0.4 is 25.1 Å². The summed E-state index contributed by atoms with van der Waals surface area (Å²) in [6.45, 7) is 42.4. The number of nitrogens with zero attached hydrogens (tertiary/aromatic N) is 16. The highest BCUT2D eigenvalue weighted by atomic mass is 79.9. The van der Waals surface area contributed by atoms with Gasteiger partial charge in [-0.2, -0.15) is 0 Å². The van der Waals surface area contributed by atoms with Gasteiger partial charge in [0.1, 0.15) is 56.0 Å². The minimum Gasteiger partial charge on any atom is -0.475 e. The average Bonchev–Trinajstić information content (AvgIpc) is 1.62. The molecule has 5 aromatic carbocycles. The third-order valence-corrected chi connectivity index (χ3v) is 29.1. The molecular formula is C99H119BBr3F5N16O17Si4. The molecule has 33 nitrogen and oxygen atoms in total. The summed E-state index contributed by atoms with van der Waals surface area (Å²) in [5, 5.41) is 8.34. The highest BCUT2D eigenvalue weighted by Gasteiger charge is 2.52. The van der Waals surface area contributed by atoms with E-state index in [4.69, 9.17) is 38.1 Å². The maximum atomic E-state index is 13.4. The van der Waals surface area contributed by atoms with E-state index < -0.39 is 110 Å². The van der Waals surface area contributed by atoms with Crippen molar-refractivity contribution in [3.05, 3.63) is 296 Å². The van der Waals surface area contributed by atoms with Gasteiger partial charge in [-0.3, -0.25) is 48.4 Å². The van der Waals surface area contributed by atoms with Gasteiger partial charge in [0, 0.05) is 179 Å². The van der Waals surface area contributed by atoms with Crippen molar-refractivity contribution in [1.29, 1.82) is 0 Å². The third-order valence-electron chi connectivity index (χ3n) is 21.1. The standard InChI is InChI=1S/C23H33BFN3O4Si.C21H28FN3O4Si.C21H26FN3O4Si.C17H21BrFN3O2Si.C12H8BrFN2O.C5H3BrN2O2/c1-22(2)23(3,4)32-24(31-22)17-14-26-20(27-15-17)21(29)28(16-30-12-13-33(5,6)7)19-10-8-18(25)9-11-19;2*1-15(21(27)28-2)16-12-23-19(24-13-16)20(26)25(14-29-10-11-30(3,4)5)18-8-6-17(22)7-9-18;1-25(2,3)9-8-24-12-22(15-6-4-14(19)5-7-15)17(23)16-20-10-13(18)11-21-16;13-9-6-15-12(16-7-9)11(17)5-8-1-3-10(14)4-2-8;6-3-1-7-4(5(9)10)8-2-3/h8-11,14-15H,12-13,16H2,1-7H3;6-9,12-13,15H,10-11,14H2,1-5H3;6-9,12-13H,1,10-11,14H2,2-5H3;4-7,10-11H,8-9,12H2,1-3H3;1-4,6-7H,5H2;1-2H,(H,9,10). The van der Waals surface area contributed by atoms with Crippen LogP contribution in [0.3, 0.4) is 0 Å². The summed E-state index contributed by atoms with van der Waals surface area (Å²) in [5.74, 6) is -6.67. The second-order valence-corrected chi connectivity index (χ2v) is 63.4. The maximum absolute atomic E-state index is 13.4. The molecule has 772 valence electrons. The zero-order valence-corrected chi connectivity index (χ0v) is 92.9. The maximum Gasteiger partial charge on any atom is 0.498 e. The van der Waals surface area contributed by atoms with Crippen molar-refractivity contribution in [3.8, 4) is 0 Å². The number of carboxylic acids is 1. The Hall–Kier alpha value is -11.9. The van der Waals surface area contributed by atoms with E-state index in [-0.39, 0.29) is 97.1 Å². The van der Waals surface area contributed by atoms with Gasteiger partial charge >= 0.3 is 25.0 Å². The first-order valence-corrected chi connectivity index (χ1v) is 62.6. The number of aromatic carboxylic acids is 1. The monoisotopic (exact) mass is 2260 g/mol. The summed E-state index contributed by atoms with van der Waals surface area (Å²) in [5.41, 5.74) is 3.34. The summed E-state index contributed by atoms with van der Waals surface area (Å²) >= 11 is 9.51. The van der Waals surface area contributed by atoms with Crippen molar-refractivity contribution < 1.29 is 103 Å². The predicted molar refractivity (Wildman–Crippen MR) is 563 cm³/mol. The first-order chi connectivity index (χ1) is 68.1. The number of hydrogen-bond donors (Lipinski definition) is 1. The number of anilines is 4. The topological polar surface area (TPSA) is 398 Å². The predicted octanol–water partition coefficient (Wildman–Crippen LogP) is 19.6. The highest BCUT2D eigenvalue weighted by molar-refractivity contribution is 9.11. The van der Waals surface area contributed by atoms with Crippen LogP contribution in [0.4, 0.5) is 44.7 Å². The average molecular weight is 2260 g/mol. The first kappa shape index (κ1) is 120. The lowest BCUT2D eigenvalue weighted by atomic mass is 9.81. The van der Waals surface area contributed by atoms with E-state index in [0.717, 1.165) is 34.2 Å². The molecule has 4 amide bonds. The van der Waals surface area contributed by atoms with E-state index in [1.54, 1.807) is 19.1 Å². The van der Waals surface area contributed by atoms with Gasteiger partial charge in [-0.1, -0.05) is 97.3 Å². The Morgan fingerprint density at radius 3 is 0.910 bits per heavy atom. The molecule has 0 saturated carbocycles. The fraction of sp³-hybridized carbons (Fsp3) is 0.354. The number of amides is 4. The Kier molecular flexibility index (Phi) is 46.9. The molecular weight excluding hydrogens is 2140 g/mol. The van der Waals surface area contributed by atoms with Crippen molar-refractivity contribution in [2.75, 3.05) is 87.2 Å². The number of aromatic nitrogens is 12. The Morgan fingerprint density at radius 1 is 0.386 bits per heavy atom. The minimum absolute atomic E-state index is 0.00137. The summed E-state index contributed by atoms with van der Waals surface area (Å²) in [4.78, 5) is 151. The Balaban J connectivity index is 0.000000242. The quantitative estimate of drug-likeness (QED) is 0.00718. The van der Waals surface area contributed by atoms with E-state index in [9.17, 15) is 60.3 Å². The Morgan fingerprint density at radius 2 is 0.641 bits per heavy atom. The number of Topliss-reactive ketones (excluding diaryl/α,β-unsaturated/α-hetero) is 1. The lowest BCUT2D eigenvalue weighted by Gasteiger charge is -2.32. The molecule has 1 fully saturated rings. The van der Waals surface area contributed by atoms with Gasteiger partial charge in [-0.15, -0.1) is 0 Å². The van der Waals surface area contributed by atoms with Gasteiger partial charge in [0.25, 0.3) is 23.6 Å². The summed E-state index contributed by atoms with van der Waals surface area (Å²) in [7, 11) is -3.12. The molecule has 1 atom stereocenters. The number of hydrogen-bond acceptors (Lipinski definition) is 28. The van der Waals surface area contributed by atoms with Crippen LogP contribution in [0, 0.1) is 29.1 Å². The summed E-state index contributed by atoms with van der Waals surface area (Å²) < 4.78 is 112. The van der Waals surface area contributed by atoms with E-state index in [0.29, 0.717) is 74.7 Å². The van der Waals surface area contributed by atoms with Crippen LogP contribution in [0.15, 0.2) is 216 Å². The smallest absolute Gasteiger partial charge is 0.475 e. The van der Waals surface area contributed by atoms with Gasteiger partial charge < -0.3 is 42.8 Å². The molecule has 46 heteroatoms. The molecule has 0 radical (unpaired) electrons. The molecule has 1 N–H and O–H groups in total. The van der Waals surface area contributed by atoms with Gasteiger partial charge in [0.2, 0.25) is 34.9 Å². The number of halogens is 8. The molecule has 1 unspecified atom stereocenters. The Bertz CT molecular complexity index is 6040. The minimum atomic E-state index is -1.29. The summed E-state index contributed by atoms with van der Waals surface area (Å²) in [6.07, 6.45) is 17.6. The van der Waals surface area contributed by atoms with Gasteiger partial charge in [0.15, 0.2) is 5.82 Å². The fourth-order valence-electron chi connectivity index (χ4n) is 11.6. The van der Waals surface area contributed by atoms with Gasteiger partial charge in [-0.05, 0) is 221 Å². The second-order valence-electron chi connectivity index (χ2n) is 38.2. The van der Waals surface area contributed by atoms with Crippen molar-refractivity contribution in [2.24, 2.45) is 0 Å².